The molecule has 276 valence electrons. The zero-order chi connectivity index (χ0) is 37.0. The van der Waals surface area contributed by atoms with Crippen molar-refractivity contribution in [2.75, 3.05) is 27.2 Å². The summed E-state index contributed by atoms with van der Waals surface area (Å²) in [5.74, 6) is -1.24. The van der Waals surface area contributed by atoms with E-state index in [9.17, 15) is 27.2 Å². The molecular weight excluding hydrogens is 715 g/mol. The summed E-state index contributed by atoms with van der Waals surface area (Å²) in [6, 6.07) is 7.33. The molecule has 13 nitrogen and oxygen atoms in total. The lowest BCUT2D eigenvalue weighted by molar-refractivity contribution is -0.134. The molecule has 0 unspecified atom stereocenters. The van der Waals surface area contributed by atoms with Gasteiger partial charge in [-0.3, -0.25) is 14.3 Å². The molecule has 3 aromatic rings. The zero-order valence-corrected chi connectivity index (χ0v) is 30.6. The number of carbonyl (C=O) groups excluding carboxylic acids is 3. The Hall–Kier alpha value is -4.50. The minimum absolute atomic E-state index is 0.0497. The number of sulfonamides is 1. The molecule has 2 saturated carbocycles. The van der Waals surface area contributed by atoms with Crippen molar-refractivity contribution in [2.45, 2.75) is 74.3 Å². The molecule has 0 bridgehead atoms. The van der Waals surface area contributed by atoms with Crippen molar-refractivity contribution in [1.82, 2.24) is 29.8 Å². The van der Waals surface area contributed by atoms with E-state index >= 15 is 0 Å². The van der Waals surface area contributed by atoms with Gasteiger partial charge in [0.15, 0.2) is 5.82 Å². The van der Waals surface area contributed by atoms with Crippen LogP contribution in [0.1, 0.15) is 51.9 Å². The molecular formula is C36H40ClFN6O7S. The Balaban J connectivity index is 1.21. The number of likely N-dealkylation sites (N-methyl/N-ethyl adjacent to an activating group) is 1. The third-order valence-corrected chi connectivity index (χ3v) is 13.1. The molecule has 2 aliphatic heterocycles. The highest BCUT2D eigenvalue weighted by Crippen LogP contribution is 2.47. The van der Waals surface area contributed by atoms with Crippen LogP contribution in [0.25, 0.3) is 22.3 Å². The predicted octanol–water partition coefficient (Wildman–Crippen LogP) is 4.58. The molecule has 0 spiro atoms. The van der Waals surface area contributed by atoms with Crippen LogP contribution in [0, 0.1) is 11.7 Å². The first kappa shape index (κ1) is 35.9. The molecule has 52 heavy (non-hydrogen) atoms. The predicted molar refractivity (Wildman–Crippen MR) is 191 cm³/mol. The van der Waals surface area contributed by atoms with E-state index in [4.69, 9.17) is 21.1 Å². The number of allylic oxidation sites excluding steroid dienone is 1. The van der Waals surface area contributed by atoms with Crippen LogP contribution in [0.2, 0.25) is 5.02 Å². The number of aromatic nitrogens is 2. The summed E-state index contributed by atoms with van der Waals surface area (Å²) in [6.07, 6.45) is 6.48. The Labute approximate surface area is 305 Å². The minimum Gasteiger partial charge on any atom is -0.495 e. The highest BCUT2D eigenvalue weighted by Gasteiger charge is 2.63. The molecule has 3 fully saturated rings. The van der Waals surface area contributed by atoms with Crippen molar-refractivity contribution >= 4 is 50.4 Å². The van der Waals surface area contributed by atoms with Gasteiger partial charge in [0.25, 0.3) is 5.91 Å². The van der Waals surface area contributed by atoms with Crippen molar-refractivity contribution in [2.24, 2.45) is 5.92 Å². The summed E-state index contributed by atoms with van der Waals surface area (Å²) >= 11 is 6.69. The highest BCUT2D eigenvalue weighted by molar-refractivity contribution is 7.91. The number of amides is 4. The Kier molecular flexibility index (Phi) is 9.30. The third-order valence-electron chi connectivity index (χ3n) is 10.6. The number of methoxy groups -OCH3 is 1. The highest BCUT2D eigenvalue weighted by atomic mass is 35.5. The molecule has 2 aliphatic carbocycles. The Bertz CT molecular complexity index is 2080. The van der Waals surface area contributed by atoms with Crippen molar-refractivity contribution in [1.29, 1.82) is 0 Å². The number of benzene rings is 2. The van der Waals surface area contributed by atoms with Crippen LogP contribution in [0.15, 0.2) is 48.6 Å². The molecule has 0 radical (unpaired) electrons. The van der Waals surface area contributed by atoms with E-state index in [1.165, 1.54) is 36.3 Å². The largest absolute Gasteiger partial charge is 0.495 e. The lowest BCUT2D eigenvalue weighted by Crippen LogP contribution is -2.58. The van der Waals surface area contributed by atoms with E-state index in [0.717, 1.165) is 12.8 Å². The SMILES string of the molecule is COc1ccc2c(O[C@H]3C[C@H]4C(=O)N(C)CCCC/C=C\[C@@H]5C[C@@]5(C(=O)NS(=O)(=O)C5(C)CC5)NC(=O)N4C3)nc(-c3ccc(F)cc3)nc2c1Cl. The van der Waals surface area contributed by atoms with Gasteiger partial charge in [-0.1, -0.05) is 23.8 Å². The van der Waals surface area contributed by atoms with Gasteiger partial charge in [0.2, 0.25) is 21.8 Å². The topological polar surface area (TPSA) is 160 Å². The van der Waals surface area contributed by atoms with Crippen molar-refractivity contribution in [3.63, 3.8) is 0 Å². The van der Waals surface area contributed by atoms with Crippen LogP contribution in [0.4, 0.5) is 9.18 Å². The number of nitrogens with one attached hydrogen (secondary N) is 2. The smallest absolute Gasteiger partial charge is 0.319 e. The average Bonchev–Trinajstić information content (AvgIpc) is 4.00. The number of rotatable bonds is 7. The number of hydrogen-bond acceptors (Lipinski definition) is 9. The Morgan fingerprint density at radius 1 is 1.12 bits per heavy atom. The number of halogens is 2. The maximum Gasteiger partial charge on any atom is 0.319 e. The quantitative estimate of drug-likeness (QED) is 0.329. The van der Waals surface area contributed by atoms with Crippen LogP contribution >= 0.6 is 11.6 Å². The van der Waals surface area contributed by atoms with Crippen LogP contribution in [0.5, 0.6) is 11.6 Å². The maximum atomic E-state index is 14.2. The first-order valence-corrected chi connectivity index (χ1v) is 19.2. The number of ether oxygens (including phenoxy) is 2. The summed E-state index contributed by atoms with van der Waals surface area (Å²) in [5.41, 5.74) is -0.676. The van der Waals surface area contributed by atoms with Gasteiger partial charge in [0.1, 0.15) is 39.8 Å². The minimum atomic E-state index is -3.97. The number of hydrogen-bond donors (Lipinski definition) is 2. The second kappa shape index (κ2) is 13.5. The van der Waals surface area contributed by atoms with Gasteiger partial charge < -0.3 is 24.6 Å². The number of urea groups is 1. The van der Waals surface area contributed by atoms with Crippen LogP contribution < -0.4 is 19.5 Å². The molecule has 4 atom stereocenters. The normalized spacial score (nSPS) is 26.4. The molecule has 1 saturated heterocycles. The summed E-state index contributed by atoms with van der Waals surface area (Å²) in [7, 11) is -0.809. The van der Waals surface area contributed by atoms with Gasteiger partial charge in [-0.15, -0.1) is 0 Å². The van der Waals surface area contributed by atoms with E-state index in [0.29, 0.717) is 48.0 Å². The molecule has 2 N–H and O–H groups in total. The summed E-state index contributed by atoms with van der Waals surface area (Å²) in [6.45, 7) is 2.02. The molecule has 16 heteroatoms. The Morgan fingerprint density at radius 2 is 1.87 bits per heavy atom. The summed E-state index contributed by atoms with van der Waals surface area (Å²) in [5, 5.41) is 3.50. The number of nitrogens with zero attached hydrogens (tertiary/aromatic N) is 4. The molecule has 3 heterocycles. The number of fused-ring (bicyclic) bond motifs is 3. The fourth-order valence-electron chi connectivity index (χ4n) is 6.85. The second-order valence-corrected chi connectivity index (χ2v) is 16.8. The Morgan fingerprint density at radius 3 is 2.58 bits per heavy atom. The van der Waals surface area contributed by atoms with Gasteiger partial charge in [-0.25, -0.2) is 22.6 Å². The van der Waals surface area contributed by atoms with Gasteiger partial charge in [0, 0.05) is 31.5 Å². The van der Waals surface area contributed by atoms with E-state index < -0.39 is 56.1 Å². The monoisotopic (exact) mass is 754 g/mol. The maximum absolute atomic E-state index is 14.2. The molecule has 4 aliphatic rings. The molecule has 2 aromatic carbocycles. The summed E-state index contributed by atoms with van der Waals surface area (Å²) in [4.78, 5) is 54.1. The molecule has 7 rings (SSSR count). The third kappa shape index (κ3) is 6.64. The van der Waals surface area contributed by atoms with Crippen molar-refractivity contribution < 1.29 is 36.7 Å². The first-order chi connectivity index (χ1) is 24.7. The standard InChI is InChI=1S/C36H40ClFN6O7S/c1-35(15-16-35)52(48,49)42-33(46)36-19-22(36)8-6-4-5-7-17-43(2)32(45)26-18-24(20-44(26)34(47)41-36)51-31-25-13-14-27(50-3)28(37)29(25)39-30(40-31)21-9-11-23(38)12-10-21/h6,8-14,22,24,26H,4-5,7,15-20H2,1-3H3,(H,41,47)(H,42,46)/b8-6-/t22-,24+,26+,36-/m1/s1. The summed E-state index contributed by atoms with van der Waals surface area (Å²) < 4.78 is 53.0. The second-order valence-electron chi connectivity index (χ2n) is 14.3. The average molecular weight is 755 g/mol. The van der Waals surface area contributed by atoms with E-state index in [1.807, 2.05) is 12.2 Å². The number of carbonyl (C=O) groups is 3. The van der Waals surface area contributed by atoms with E-state index in [-0.39, 0.29) is 42.0 Å². The molecule has 1 aromatic heterocycles. The van der Waals surface area contributed by atoms with E-state index in [2.05, 4.69) is 20.0 Å². The van der Waals surface area contributed by atoms with Crippen LogP contribution in [-0.4, -0.2) is 95.7 Å². The lowest BCUT2D eigenvalue weighted by Gasteiger charge is -2.30. The van der Waals surface area contributed by atoms with Gasteiger partial charge in [0.05, 0.1) is 23.8 Å². The van der Waals surface area contributed by atoms with Crippen molar-refractivity contribution in [3.8, 4) is 23.0 Å². The van der Waals surface area contributed by atoms with Crippen LogP contribution in [-0.2, 0) is 19.6 Å². The fraction of sp³-hybridized carbons (Fsp3) is 0.472. The van der Waals surface area contributed by atoms with Crippen LogP contribution in [0.3, 0.4) is 0 Å². The lowest BCUT2D eigenvalue weighted by atomic mass is 10.1. The van der Waals surface area contributed by atoms with Gasteiger partial charge in [-0.05, 0) is 81.8 Å². The van der Waals surface area contributed by atoms with E-state index in [1.54, 1.807) is 31.0 Å². The molecule has 4 amide bonds. The first-order valence-electron chi connectivity index (χ1n) is 17.3. The van der Waals surface area contributed by atoms with Gasteiger partial charge in [-0.2, -0.15) is 4.98 Å². The van der Waals surface area contributed by atoms with Gasteiger partial charge >= 0.3 is 6.03 Å². The fourth-order valence-corrected chi connectivity index (χ4v) is 8.45. The van der Waals surface area contributed by atoms with Crippen molar-refractivity contribution in [3.05, 3.63) is 59.4 Å². The zero-order valence-electron chi connectivity index (χ0n) is 29.0.